The molecule has 0 amide bonds. The molecule has 2 aromatic carbocycles. The Morgan fingerprint density at radius 2 is 1.62 bits per heavy atom. The molecule has 0 aliphatic carbocycles. The Morgan fingerprint density at radius 3 is 2.25 bits per heavy atom. The average molecular weight is 452 g/mol. The Morgan fingerprint density at radius 1 is 1.00 bits per heavy atom. The van der Waals surface area contributed by atoms with Gasteiger partial charge in [0.25, 0.3) is 0 Å². The number of carbonyl (C=O) groups excluding carboxylic acids is 2. The lowest BCUT2D eigenvalue weighted by atomic mass is 10.1. The second-order valence-corrected chi connectivity index (χ2v) is 7.60. The number of aromatic amines is 1. The highest BCUT2D eigenvalue weighted by molar-refractivity contribution is 7.71. The third-order valence-corrected chi connectivity index (χ3v) is 5.24. The number of nitrogens with zero attached hydrogens (tertiary/aromatic N) is 1. The number of hydrogen-bond acceptors (Lipinski definition) is 7. The van der Waals surface area contributed by atoms with E-state index in [1.165, 1.54) is 10.8 Å². The quantitative estimate of drug-likeness (QED) is 0.453. The number of esters is 2. The van der Waals surface area contributed by atoms with Crippen molar-refractivity contribution >= 4 is 24.2 Å². The molecule has 9 heteroatoms. The van der Waals surface area contributed by atoms with Gasteiger partial charge in [0.1, 0.15) is 29.7 Å². The standard InChI is InChI=1S/C23H20N2O6S/c26-21(15-7-3-1-4-8-15)29-14-18-17(31-22(27)16-9-5-2-6-10-16)13-20(30-18)25-12-11-19(32)24-23(25)28/h1-12,17-18,20H,13-14H2,(H,24,28,32)/t17-,18-,20-/m0/s1. The molecular formula is C23H20N2O6S. The Hall–Kier alpha value is -3.56. The number of ether oxygens (including phenoxy) is 3. The Balaban J connectivity index is 1.51. The third kappa shape index (κ3) is 5.01. The van der Waals surface area contributed by atoms with E-state index in [9.17, 15) is 14.4 Å². The SMILES string of the molecule is O=C(OC[C@@H]1O[C@H](n2ccc(=S)[nH]c2=O)C[C@@H]1OC(=O)c1ccccc1)c1ccccc1. The van der Waals surface area contributed by atoms with E-state index in [1.807, 2.05) is 0 Å². The summed E-state index contributed by atoms with van der Waals surface area (Å²) in [5.74, 6) is -1.05. The molecule has 8 nitrogen and oxygen atoms in total. The monoisotopic (exact) mass is 452 g/mol. The normalized spacial score (nSPS) is 19.9. The molecule has 1 aliphatic rings. The van der Waals surface area contributed by atoms with Gasteiger partial charge >= 0.3 is 17.6 Å². The predicted octanol–water partition coefficient (Wildman–Crippen LogP) is 3.28. The highest BCUT2D eigenvalue weighted by Gasteiger charge is 2.40. The van der Waals surface area contributed by atoms with E-state index in [1.54, 1.807) is 66.7 Å². The van der Waals surface area contributed by atoms with Crippen molar-refractivity contribution in [3.05, 3.63) is 99.2 Å². The maximum absolute atomic E-state index is 12.6. The molecular weight excluding hydrogens is 432 g/mol. The molecule has 3 aromatic rings. The lowest BCUT2D eigenvalue weighted by molar-refractivity contribution is -0.0582. The van der Waals surface area contributed by atoms with E-state index in [-0.39, 0.29) is 13.0 Å². The highest BCUT2D eigenvalue weighted by Crippen LogP contribution is 2.31. The highest BCUT2D eigenvalue weighted by atomic mass is 32.1. The summed E-state index contributed by atoms with van der Waals surface area (Å²) in [5.41, 5.74) is 0.334. The van der Waals surface area contributed by atoms with E-state index in [4.69, 9.17) is 26.4 Å². The van der Waals surface area contributed by atoms with Gasteiger partial charge in [-0.15, -0.1) is 0 Å². The van der Waals surface area contributed by atoms with Crippen LogP contribution in [0.3, 0.4) is 0 Å². The summed E-state index contributed by atoms with van der Waals surface area (Å²) in [6.45, 7) is -0.144. The van der Waals surface area contributed by atoms with Gasteiger partial charge in [0, 0.05) is 12.6 Å². The molecule has 4 rings (SSSR count). The number of nitrogens with one attached hydrogen (secondary N) is 1. The van der Waals surface area contributed by atoms with Crippen molar-refractivity contribution in [2.75, 3.05) is 6.61 Å². The minimum Gasteiger partial charge on any atom is -0.459 e. The second-order valence-electron chi connectivity index (χ2n) is 7.16. The van der Waals surface area contributed by atoms with Gasteiger partial charge in [-0.1, -0.05) is 48.6 Å². The first kappa shape index (κ1) is 21.7. The lowest BCUT2D eigenvalue weighted by Crippen LogP contribution is -2.32. The maximum Gasteiger partial charge on any atom is 0.338 e. The van der Waals surface area contributed by atoms with Crippen LogP contribution in [0.25, 0.3) is 0 Å². The van der Waals surface area contributed by atoms with Crippen molar-refractivity contribution in [3.63, 3.8) is 0 Å². The molecule has 0 radical (unpaired) electrons. The molecule has 0 unspecified atom stereocenters. The Bertz CT molecular complexity index is 1210. The van der Waals surface area contributed by atoms with Crippen LogP contribution in [0, 0.1) is 4.64 Å². The van der Waals surface area contributed by atoms with Gasteiger partial charge in [-0.3, -0.25) is 9.55 Å². The molecule has 1 aromatic heterocycles. The van der Waals surface area contributed by atoms with Gasteiger partial charge in [0.15, 0.2) is 0 Å². The van der Waals surface area contributed by atoms with Crippen LogP contribution >= 0.6 is 12.2 Å². The first-order valence-corrected chi connectivity index (χ1v) is 10.4. The minimum absolute atomic E-state index is 0.144. The summed E-state index contributed by atoms with van der Waals surface area (Å²) < 4.78 is 18.6. The topological polar surface area (TPSA) is 99.6 Å². The summed E-state index contributed by atoms with van der Waals surface area (Å²) in [6, 6.07) is 18.6. The van der Waals surface area contributed by atoms with Crippen molar-refractivity contribution in [2.24, 2.45) is 0 Å². The van der Waals surface area contributed by atoms with Crippen LogP contribution in [0.5, 0.6) is 0 Å². The van der Waals surface area contributed by atoms with Crippen molar-refractivity contribution in [3.8, 4) is 0 Å². The minimum atomic E-state index is -0.754. The van der Waals surface area contributed by atoms with Gasteiger partial charge in [0.2, 0.25) is 0 Å². The largest absolute Gasteiger partial charge is 0.459 e. The zero-order chi connectivity index (χ0) is 22.5. The van der Waals surface area contributed by atoms with Gasteiger partial charge in [-0.05, 0) is 30.3 Å². The van der Waals surface area contributed by atoms with E-state index in [0.29, 0.717) is 15.8 Å². The molecule has 1 N–H and O–H groups in total. The average Bonchev–Trinajstić information content (AvgIpc) is 3.20. The zero-order valence-corrected chi connectivity index (χ0v) is 17.7. The van der Waals surface area contributed by atoms with E-state index >= 15 is 0 Å². The van der Waals surface area contributed by atoms with Crippen LogP contribution in [-0.4, -0.2) is 40.3 Å². The molecule has 1 fully saturated rings. The molecule has 0 saturated carbocycles. The van der Waals surface area contributed by atoms with Crippen LogP contribution in [0.4, 0.5) is 0 Å². The number of H-pyrrole nitrogens is 1. The summed E-state index contributed by atoms with van der Waals surface area (Å²) in [6.07, 6.45) is -0.484. The molecule has 3 atom stereocenters. The van der Waals surface area contributed by atoms with E-state index in [0.717, 1.165) is 0 Å². The predicted molar refractivity (Wildman–Crippen MR) is 117 cm³/mol. The van der Waals surface area contributed by atoms with Crippen LogP contribution < -0.4 is 5.69 Å². The molecule has 32 heavy (non-hydrogen) atoms. The number of carbonyl (C=O) groups is 2. The van der Waals surface area contributed by atoms with Gasteiger partial charge < -0.3 is 14.2 Å². The molecule has 164 valence electrons. The molecule has 2 heterocycles. The van der Waals surface area contributed by atoms with Crippen molar-refractivity contribution in [2.45, 2.75) is 24.9 Å². The first-order chi connectivity index (χ1) is 15.5. The Labute approximate surface area is 188 Å². The summed E-state index contributed by atoms with van der Waals surface area (Å²) >= 11 is 4.97. The van der Waals surface area contributed by atoms with Crippen molar-refractivity contribution < 1.29 is 23.8 Å². The fraction of sp³-hybridized carbons (Fsp3) is 0.217. The lowest BCUT2D eigenvalue weighted by Gasteiger charge is -2.19. The van der Waals surface area contributed by atoms with Crippen LogP contribution in [-0.2, 0) is 14.2 Å². The smallest absolute Gasteiger partial charge is 0.338 e. The first-order valence-electron chi connectivity index (χ1n) is 9.96. The second kappa shape index (κ2) is 9.71. The molecule has 0 spiro atoms. The van der Waals surface area contributed by atoms with Crippen molar-refractivity contribution in [1.82, 2.24) is 9.55 Å². The summed E-state index contributed by atoms with van der Waals surface area (Å²) in [7, 11) is 0. The number of rotatable bonds is 6. The fourth-order valence-electron chi connectivity index (χ4n) is 3.39. The third-order valence-electron chi connectivity index (χ3n) is 5.00. The fourth-order valence-corrected chi connectivity index (χ4v) is 3.54. The van der Waals surface area contributed by atoms with Crippen LogP contribution in [0.1, 0.15) is 33.4 Å². The number of hydrogen-bond donors (Lipinski definition) is 1. The van der Waals surface area contributed by atoms with Crippen LogP contribution in [0.2, 0.25) is 0 Å². The summed E-state index contributed by atoms with van der Waals surface area (Å²) in [4.78, 5) is 39.8. The molecule has 1 saturated heterocycles. The number of aromatic nitrogens is 2. The molecule has 1 aliphatic heterocycles. The van der Waals surface area contributed by atoms with Crippen molar-refractivity contribution in [1.29, 1.82) is 0 Å². The van der Waals surface area contributed by atoms with Gasteiger partial charge in [0.05, 0.1) is 11.1 Å². The summed E-state index contributed by atoms with van der Waals surface area (Å²) in [5, 5.41) is 0. The zero-order valence-electron chi connectivity index (χ0n) is 16.9. The maximum atomic E-state index is 12.6. The van der Waals surface area contributed by atoms with E-state index < -0.39 is 36.1 Å². The van der Waals surface area contributed by atoms with E-state index in [2.05, 4.69) is 4.98 Å². The number of benzene rings is 2. The van der Waals surface area contributed by atoms with Gasteiger partial charge in [-0.25, -0.2) is 14.4 Å². The van der Waals surface area contributed by atoms with Crippen LogP contribution in [0.15, 0.2) is 77.7 Å². The Kier molecular flexibility index (Phi) is 6.58. The van der Waals surface area contributed by atoms with Gasteiger partial charge in [-0.2, -0.15) is 0 Å². The molecule has 0 bridgehead atoms.